The Labute approximate surface area is 134 Å². The van der Waals surface area contributed by atoms with E-state index in [4.69, 9.17) is 4.74 Å². The fraction of sp³-hybridized carbons (Fsp3) is 0.600. The smallest absolute Gasteiger partial charge is 0.459 e. The number of alkyl halides is 7. The third-order valence-electron chi connectivity index (χ3n) is 3.31. The molecular formula is C15H17F7O2. The number of aliphatic hydroxyl groups is 1. The van der Waals surface area contributed by atoms with Gasteiger partial charge in [-0.2, -0.15) is 30.7 Å². The number of halogens is 7. The maximum absolute atomic E-state index is 13.6. The standard InChI is InChI=1S/C15H17F7O2/c1-3-8-24-11-7-5-4-6-10(11)12(2,23)9-13(16,17)14(18,19)15(20,21)22/h4-7,23H,3,8-9H2,1-2H3. The van der Waals surface area contributed by atoms with Gasteiger partial charge in [-0.15, -0.1) is 0 Å². The lowest BCUT2D eigenvalue weighted by molar-refractivity contribution is -0.361. The molecule has 1 N–H and O–H groups in total. The van der Waals surface area contributed by atoms with Gasteiger partial charge in [-0.1, -0.05) is 25.1 Å². The summed E-state index contributed by atoms with van der Waals surface area (Å²) in [5.41, 5.74) is -2.96. The number of para-hydroxylation sites is 1. The van der Waals surface area contributed by atoms with E-state index in [0.717, 1.165) is 13.0 Å². The van der Waals surface area contributed by atoms with Crippen LogP contribution in [-0.4, -0.2) is 29.7 Å². The van der Waals surface area contributed by atoms with Gasteiger partial charge in [0.25, 0.3) is 0 Å². The van der Waals surface area contributed by atoms with Crippen molar-refractivity contribution in [2.24, 2.45) is 0 Å². The molecule has 1 atom stereocenters. The summed E-state index contributed by atoms with van der Waals surface area (Å²) in [6, 6.07) is 5.21. The molecule has 0 bridgehead atoms. The highest BCUT2D eigenvalue weighted by molar-refractivity contribution is 5.38. The number of ether oxygens (including phenoxy) is 1. The second kappa shape index (κ2) is 6.78. The molecule has 138 valence electrons. The third kappa shape index (κ3) is 4.12. The Hall–Kier alpha value is -1.51. The van der Waals surface area contributed by atoms with Crippen LogP contribution in [0.3, 0.4) is 0 Å². The van der Waals surface area contributed by atoms with Gasteiger partial charge in [0.05, 0.1) is 18.6 Å². The van der Waals surface area contributed by atoms with Crippen LogP contribution in [0.2, 0.25) is 0 Å². The van der Waals surface area contributed by atoms with E-state index < -0.39 is 30.0 Å². The Morgan fingerprint density at radius 2 is 1.54 bits per heavy atom. The average Bonchev–Trinajstić information content (AvgIpc) is 2.43. The number of benzene rings is 1. The van der Waals surface area contributed by atoms with Crippen molar-refractivity contribution >= 4 is 0 Å². The topological polar surface area (TPSA) is 29.5 Å². The first-order valence-corrected chi connectivity index (χ1v) is 7.03. The molecule has 0 aromatic heterocycles. The van der Waals surface area contributed by atoms with Crippen molar-refractivity contribution in [1.29, 1.82) is 0 Å². The quantitative estimate of drug-likeness (QED) is 0.699. The van der Waals surface area contributed by atoms with Crippen molar-refractivity contribution in [2.45, 2.75) is 50.3 Å². The van der Waals surface area contributed by atoms with Crippen LogP contribution in [0.1, 0.15) is 32.3 Å². The second-order valence-corrected chi connectivity index (χ2v) is 5.57. The summed E-state index contributed by atoms with van der Waals surface area (Å²) in [6.45, 7) is 2.64. The molecule has 9 heteroatoms. The summed E-state index contributed by atoms with van der Waals surface area (Å²) in [5, 5.41) is 10.2. The second-order valence-electron chi connectivity index (χ2n) is 5.57. The van der Waals surface area contributed by atoms with E-state index in [1.807, 2.05) is 0 Å². The lowest BCUT2D eigenvalue weighted by atomic mass is 9.87. The van der Waals surface area contributed by atoms with Crippen molar-refractivity contribution in [3.63, 3.8) is 0 Å². The molecule has 0 amide bonds. The zero-order valence-corrected chi connectivity index (χ0v) is 12.9. The zero-order chi connectivity index (χ0) is 18.8. The van der Waals surface area contributed by atoms with Gasteiger partial charge in [-0.3, -0.25) is 0 Å². The fourth-order valence-corrected chi connectivity index (χ4v) is 2.10. The van der Waals surface area contributed by atoms with Crippen LogP contribution in [0, 0.1) is 0 Å². The molecule has 24 heavy (non-hydrogen) atoms. The first-order valence-electron chi connectivity index (χ1n) is 7.03. The van der Waals surface area contributed by atoms with Crippen molar-refractivity contribution in [1.82, 2.24) is 0 Å². The molecule has 1 unspecified atom stereocenters. The molecule has 1 rings (SSSR count). The number of hydrogen-bond donors (Lipinski definition) is 1. The van der Waals surface area contributed by atoms with E-state index in [1.54, 1.807) is 6.92 Å². The first kappa shape index (κ1) is 20.5. The van der Waals surface area contributed by atoms with Gasteiger partial charge in [0.15, 0.2) is 0 Å². The molecule has 0 fully saturated rings. The van der Waals surface area contributed by atoms with Crippen molar-refractivity contribution in [2.75, 3.05) is 6.61 Å². The molecule has 0 spiro atoms. The summed E-state index contributed by atoms with van der Waals surface area (Å²) in [4.78, 5) is 0. The Kier molecular flexibility index (Phi) is 5.80. The average molecular weight is 362 g/mol. The minimum Gasteiger partial charge on any atom is -0.493 e. The maximum atomic E-state index is 13.6. The normalized spacial score (nSPS) is 15.9. The van der Waals surface area contributed by atoms with Gasteiger partial charge >= 0.3 is 18.0 Å². The van der Waals surface area contributed by atoms with Gasteiger partial charge in [0.2, 0.25) is 0 Å². The van der Waals surface area contributed by atoms with Crippen LogP contribution in [0.4, 0.5) is 30.7 Å². The van der Waals surface area contributed by atoms with Crippen LogP contribution in [0.5, 0.6) is 5.75 Å². The molecule has 2 nitrogen and oxygen atoms in total. The monoisotopic (exact) mass is 362 g/mol. The summed E-state index contributed by atoms with van der Waals surface area (Å²) in [5.74, 6) is -11.8. The third-order valence-corrected chi connectivity index (χ3v) is 3.31. The van der Waals surface area contributed by atoms with E-state index in [9.17, 15) is 35.8 Å². The molecule has 1 aromatic rings. The van der Waals surface area contributed by atoms with Crippen molar-refractivity contribution in [3.05, 3.63) is 29.8 Å². The molecule has 0 radical (unpaired) electrons. The Morgan fingerprint density at radius 1 is 1.00 bits per heavy atom. The summed E-state index contributed by atoms with van der Waals surface area (Å²) in [6.07, 6.45) is -8.03. The van der Waals surface area contributed by atoms with E-state index in [0.29, 0.717) is 6.42 Å². The number of hydrogen-bond acceptors (Lipinski definition) is 2. The molecule has 0 aliphatic heterocycles. The van der Waals surface area contributed by atoms with Crippen LogP contribution in [0.15, 0.2) is 24.3 Å². The highest BCUT2D eigenvalue weighted by atomic mass is 19.4. The highest BCUT2D eigenvalue weighted by Crippen LogP contribution is 2.51. The zero-order valence-electron chi connectivity index (χ0n) is 12.9. The van der Waals surface area contributed by atoms with E-state index in [1.165, 1.54) is 18.2 Å². The minimum absolute atomic E-state index is 0.0597. The summed E-state index contributed by atoms with van der Waals surface area (Å²) in [7, 11) is 0. The van der Waals surface area contributed by atoms with Crippen LogP contribution < -0.4 is 4.74 Å². The largest absolute Gasteiger partial charge is 0.493 e. The Balaban J connectivity index is 3.18. The van der Waals surface area contributed by atoms with Gasteiger partial charge in [-0.25, -0.2) is 0 Å². The van der Waals surface area contributed by atoms with Gasteiger partial charge in [-0.05, 0) is 19.4 Å². The SMILES string of the molecule is CCCOc1ccccc1C(C)(O)CC(F)(F)C(F)(F)C(F)(F)F. The van der Waals surface area contributed by atoms with Gasteiger partial charge in [0, 0.05) is 5.56 Å². The highest BCUT2D eigenvalue weighted by Gasteiger charge is 2.73. The van der Waals surface area contributed by atoms with Crippen molar-refractivity contribution in [3.8, 4) is 5.75 Å². The molecular weight excluding hydrogens is 345 g/mol. The first-order chi connectivity index (χ1) is 10.8. The van der Waals surface area contributed by atoms with Gasteiger partial charge < -0.3 is 9.84 Å². The molecule has 0 saturated carbocycles. The number of rotatable bonds is 7. The lowest BCUT2D eigenvalue weighted by Gasteiger charge is -2.34. The predicted octanol–water partition coefficient (Wildman–Crippen LogP) is 4.91. The van der Waals surface area contributed by atoms with E-state index >= 15 is 0 Å². The molecule has 0 heterocycles. The Morgan fingerprint density at radius 3 is 2.04 bits per heavy atom. The predicted molar refractivity (Wildman–Crippen MR) is 72.4 cm³/mol. The van der Waals surface area contributed by atoms with Crippen LogP contribution in [-0.2, 0) is 5.60 Å². The minimum atomic E-state index is -6.44. The van der Waals surface area contributed by atoms with Crippen LogP contribution in [0.25, 0.3) is 0 Å². The van der Waals surface area contributed by atoms with E-state index in [2.05, 4.69) is 0 Å². The summed E-state index contributed by atoms with van der Waals surface area (Å²) < 4.78 is 95.1. The van der Waals surface area contributed by atoms with Crippen LogP contribution >= 0.6 is 0 Å². The molecule has 1 aromatic carbocycles. The van der Waals surface area contributed by atoms with Crippen molar-refractivity contribution < 1.29 is 40.6 Å². The Bertz CT molecular complexity index is 553. The van der Waals surface area contributed by atoms with Gasteiger partial charge in [0.1, 0.15) is 5.75 Å². The van der Waals surface area contributed by atoms with E-state index in [-0.39, 0.29) is 17.9 Å². The fourth-order valence-electron chi connectivity index (χ4n) is 2.10. The maximum Gasteiger partial charge on any atom is 0.459 e. The summed E-state index contributed by atoms with van der Waals surface area (Å²) >= 11 is 0. The lowest BCUT2D eigenvalue weighted by Crippen LogP contribution is -2.54. The molecule has 0 aliphatic rings. The molecule has 0 aliphatic carbocycles. The molecule has 0 saturated heterocycles.